The number of hydrogen-bond donors (Lipinski definition) is 1. The fourth-order valence-corrected chi connectivity index (χ4v) is 3.42. The number of aliphatic imine (C=N–C) groups is 1. The molecule has 3 aromatic rings. The molecule has 0 radical (unpaired) electrons. The Kier molecular flexibility index (Phi) is 9.35. The molecule has 1 N–H and O–H groups in total. The van der Waals surface area contributed by atoms with Crippen LogP contribution in [0.5, 0.6) is 11.5 Å². The number of aromatic nitrogens is 3. The lowest BCUT2D eigenvalue weighted by Crippen LogP contribution is -2.39. The van der Waals surface area contributed by atoms with Crippen LogP contribution in [0.25, 0.3) is 5.65 Å². The number of methoxy groups -OCH3 is 2. The highest BCUT2D eigenvalue weighted by Crippen LogP contribution is 2.30. The van der Waals surface area contributed by atoms with Crippen molar-refractivity contribution in [1.82, 2.24) is 24.8 Å². The summed E-state index contributed by atoms with van der Waals surface area (Å²) in [4.78, 5) is 6.51. The highest BCUT2D eigenvalue weighted by atomic mass is 127. The van der Waals surface area contributed by atoms with E-state index in [0.29, 0.717) is 6.54 Å². The van der Waals surface area contributed by atoms with E-state index >= 15 is 0 Å². The van der Waals surface area contributed by atoms with Crippen LogP contribution in [-0.2, 0) is 13.0 Å². The lowest BCUT2D eigenvalue weighted by Gasteiger charge is -2.23. The van der Waals surface area contributed by atoms with Crippen molar-refractivity contribution >= 4 is 35.6 Å². The summed E-state index contributed by atoms with van der Waals surface area (Å²) in [6.45, 7) is 3.58. The molecule has 0 saturated heterocycles. The van der Waals surface area contributed by atoms with Gasteiger partial charge in [0.05, 0.1) is 14.2 Å². The number of nitrogens with zero attached hydrogens (tertiary/aromatic N) is 5. The summed E-state index contributed by atoms with van der Waals surface area (Å²) in [7, 11) is 7.13. The molecule has 0 aliphatic rings. The molecule has 0 unspecified atom stereocenters. The Labute approximate surface area is 200 Å². The van der Waals surface area contributed by atoms with Crippen molar-refractivity contribution in [1.29, 1.82) is 0 Å². The van der Waals surface area contributed by atoms with E-state index < -0.39 is 0 Å². The van der Waals surface area contributed by atoms with Crippen molar-refractivity contribution in [2.24, 2.45) is 4.99 Å². The van der Waals surface area contributed by atoms with Gasteiger partial charge in [0.15, 0.2) is 23.1 Å². The maximum absolute atomic E-state index is 5.44. The smallest absolute Gasteiger partial charge is 0.193 e. The number of guanidine groups is 1. The number of pyridine rings is 1. The lowest BCUT2D eigenvalue weighted by molar-refractivity contribution is 0.353. The number of benzene rings is 1. The van der Waals surface area contributed by atoms with E-state index in [-0.39, 0.29) is 24.0 Å². The third kappa shape index (κ3) is 5.99. The zero-order chi connectivity index (χ0) is 21.5. The van der Waals surface area contributed by atoms with Crippen molar-refractivity contribution in [2.45, 2.75) is 26.3 Å². The standard InChI is InChI=1S/C22H30N6O2.HI/c1-16-13-18(29-4)19(30-5)14-17(16)15-27(3)22(23-2)24-11-8-10-21-26-25-20-9-6-7-12-28(20)21;/h6-7,9,12-14H,8,10-11,15H2,1-5H3,(H,23,24);1H. The quantitative estimate of drug-likeness (QED) is 0.205. The first-order valence-electron chi connectivity index (χ1n) is 9.99. The van der Waals surface area contributed by atoms with Gasteiger partial charge in [-0.2, -0.15) is 0 Å². The van der Waals surface area contributed by atoms with Gasteiger partial charge in [-0.05, 0) is 48.7 Å². The van der Waals surface area contributed by atoms with Gasteiger partial charge in [-0.25, -0.2) is 0 Å². The van der Waals surface area contributed by atoms with Crippen LogP contribution < -0.4 is 14.8 Å². The van der Waals surface area contributed by atoms with E-state index in [2.05, 4.69) is 32.3 Å². The van der Waals surface area contributed by atoms with Crippen LogP contribution in [0.2, 0.25) is 0 Å². The number of halogens is 1. The van der Waals surface area contributed by atoms with E-state index in [1.54, 1.807) is 21.3 Å². The minimum absolute atomic E-state index is 0. The summed E-state index contributed by atoms with van der Waals surface area (Å²) >= 11 is 0. The SMILES string of the molecule is CN=C(NCCCc1nnc2ccccn12)N(C)Cc1cc(OC)c(OC)cc1C.I. The van der Waals surface area contributed by atoms with E-state index in [1.807, 2.05) is 48.0 Å². The molecule has 0 aliphatic carbocycles. The van der Waals surface area contributed by atoms with E-state index in [4.69, 9.17) is 9.47 Å². The molecule has 0 spiro atoms. The molecule has 0 bridgehead atoms. The van der Waals surface area contributed by atoms with Crippen LogP contribution in [-0.4, -0.2) is 60.3 Å². The predicted molar refractivity (Wildman–Crippen MR) is 134 cm³/mol. The fraction of sp³-hybridized carbons (Fsp3) is 0.409. The van der Waals surface area contributed by atoms with Gasteiger partial charge in [-0.3, -0.25) is 9.39 Å². The molecule has 0 saturated carbocycles. The van der Waals surface area contributed by atoms with Crippen molar-refractivity contribution < 1.29 is 9.47 Å². The molecular weight excluding hydrogens is 507 g/mol. The van der Waals surface area contributed by atoms with Crippen LogP contribution >= 0.6 is 24.0 Å². The summed E-state index contributed by atoms with van der Waals surface area (Å²) in [6.07, 6.45) is 3.77. The highest BCUT2D eigenvalue weighted by Gasteiger charge is 2.13. The molecule has 2 heterocycles. The van der Waals surface area contributed by atoms with Gasteiger partial charge >= 0.3 is 0 Å². The van der Waals surface area contributed by atoms with Gasteiger partial charge in [0, 0.05) is 39.8 Å². The Morgan fingerprint density at radius 1 is 1.16 bits per heavy atom. The summed E-state index contributed by atoms with van der Waals surface area (Å²) in [5.74, 6) is 3.28. The van der Waals surface area contributed by atoms with Crippen LogP contribution in [0.4, 0.5) is 0 Å². The second-order valence-electron chi connectivity index (χ2n) is 7.11. The first-order valence-corrected chi connectivity index (χ1v) is 9.99. The van der Waals surface area contributed by atoms with Gasteiger partial charge in [0.2, 0.25) is 0 Å². The van der Waals surface area contributed by atoms with Gasteiger partial charge in [0.1, 0.15) is 5.82 Å². The minimum Gasteiger partial charge on any atom is -0.493 e. The van der Waals surface area contributed by atoms with Crippen molar-refractivity contribution in [3.8, 4) is 11.5 Å². The maximum atomic E-state index is 5.44. The molecule has 9 heteroatoms. The van der Waals surface area contributed by atoms with Gasteiger partial charge < -0.3 is 19.7 Å². The zero-order valence-corrected chi connectivity index (χ0v) is 21.1. The van der Waals surface area contributed by atoms with Gasteiger partial charge in [-0.1, -0.05) is 6.07 Å². The number of nitrogens with one attached hydrogen (secondary N) is 1. The Hall–Kier alpha value is -2.56. The molecule has 0 atom stereocenters. The topological polar surface area (TPSA) is 76.3 Å². The van der Waals surface area contributed by atoms with Crippen LogP contribution in [0.1, 0.15) is 23.4 Å². The Balaban J connectivity index is 0.00000341. The summed E-state index contributed by atoms with van der Waals surface area (Å²) < 4.78 is 12.9. The van der Waals surface area contributed by atoms with Crippen LogP contribution in [0.3, 0.4) is 0 Å². The molecule has 0 amide bonds. The third-order valence-electron chi connectivity index (χ3n) is 5.07. The second-order valence-corrected chi connectivity index (χ2v) is 7.11. The largest absolute Gasteiger partial charge is 0.493 e. The second kappa shape index (κ2) is 11.7. The minimum atomic E-state index is 0. The fourth-order valence-electron chi connectivity index (χ4n) is 3.42. The average Bonchev–Trinajstić information content (AvgIpc) is 3.17. The van der Waals surface area contributed by atoms with Gasteiger partial charge in [0.25, 0.3) is 0 Å². The first kappa shape index (κ1) is 24.7. The number of rotatable bonds is 8. The molecule has 31 heavy (non-hydrogen) atoms. The Morgan fingerprint density at radius 3 is 2.61 bits per heavy atom. The average molecular weight is 538 g/mol. The van der Waals surface area contributed by atoms with Crippen molar-refractivity contribution in [3.05, 3.63) is 53.5 Å². The number of fused-ring (bicyclic) bond motifs is 1. The normalized spacial score (nSPS) is 11.2. The zero-order valence-electron chi connectivity index (χ0n) is 18.8. The van der Waals surface area contributed by atoms with E-state index in [9.17, 15) is 0 Å². The first-order chi connectivity index (χ1) is 14.6. The lowest BCUT2D eigenvalue weighted by atomic mass is 10.1. The highest BCUT2D eigenvalue weighted by molar-refractivity contribution is 14.0. The molecule has 2 aromatic heterocycles. The summed E-state index contributed by atoms with van der Waals surface area (Å²) in [5, 5.41) is 11.9. The molecule has 168 valence electrons. The van der Waals surface area contributed by atoms with E-state index in [0.717, 1.165) is 59.4 Å². The molecule has 1 aromatic carbocycles. The monoisotopic (exact) mass is 538 g/mol. The summed E-state index contributed by atoms with van der Waals surface area (Å²) in [5.41, 5.74) is 3.18. The predicted octanol–water partition coefficient (Wildman–Crippen LogP) is 3.31. The number of ether oxygens (including phenoxy) is 2. The van der Waals surface area contributed by atoms with Crippen LogP contribution in [0.15, 0.2) is 41.5 Å². The third-order valence-corrected chi connectivity index (χ3v) is 5.07. The number of aryl methyl sites for hydroxylation is 2. The van der Waals surface area contributed by atoms with Crippen molar-refractivity contribution in [2.75, 3.05) is 34.9 Å². The van der Waals surface area contributed by atoms with E-state index in [1.165, 1.54) is 0 Å². The molecule has 3 rings (SSSR count). The summed E-state index contributed by atoms with van der Waals surface area (Å²) in [6, 6.07) is 9.94. The number of hydrogen-bond acceptors (Lipinski definition) is 5. The molecule has 0 aliphatic heterocycles. The molecular formula is C22H31IN6O2. The maximum Gasteiger partial charge on any atom is 0.193 e. The molecule has 0 fully saturated rings. The Bertz CT molecular complexity index is 1020. The van der Waals surface area contributed by atoms with Crippen LogP contribution in [0, 0.1) is 6.92 Å². The Morgan fingerprint density at radius 2 is 1.90 bits per heavy atom. The van der Waals surface area contributed by atoms with Gasteiger partial charge in [-0.15, -0.1) is 34.2 Å². The molecule has 8 nitrogen and oxygen atoms in total. The van der Waals surface area contributed by atoms with Crippen molar-refractivity contribution in [3.63, 3.8) is 0 Å².